The third-order valence-electron chi connectivity index (χ3n) is 3.56. The number of hydrogen-bond donors (Lipinski definition) is 0. The van der Waals surface area contributed by atoms with E-state index in [1.807, 2.05) is 12.3 Å². The Kier molecular flexibility index (Phi) is 2.82. The van der Waals surface area contributed by atoms with Crippen LogP contribution >= 0.6 is 11.3 Å². The number of benzene rings is 1. The second-order valence-electron chi connectivity index (χ2n) is 4.94. The van der Waals surface area contributed by atoms with Crippen molar-refractivity contribution in [3.63, 3.8) is 0 Å². The van der Waals surface area contributed by atoms with E-state index >= 15 is 0 Å². The molecule has 0 radical (unpaired) electrons. The molecule has 1 aliphatic rings. The average Bonchev–Trinajstić information content (AvgIpc) is 2.93. The molecule has 3 heterocycles. The molecule has 0 saturated carbocycles. The van der Waals surface area contributed by atoms with Crippen LogP contribution in [-0.4, -0.2) is 17.0 Å². The summed E-state index contributed by atoms with van der Waals surface area (Å²) in [5, 5.41) is 1.01. The number of anilines is 1. The Bertz CT molecular complexity index is 843. The van der Waals surface area contributed by atoms with Gasteiger partial charge in [-0.3, -0.25) is 4.98 Å². The Balaban J connectivity index is 1.84. The minimum absolute atomic E-state index is 1.01. The molecule has 0 saturated heterocycles. The van der Waals surface area contributed by atoms with Crippen molar-refractivity contribution in [2.75, 3.05) is 11.9 Å². The van der Waals surface area contributed by atoms with Crippen LogP contribution in [0.2, 0.25) is 0 Å². The molecule has 4 rings (SSSR count). The number of rotatable bonds is 1. The van der Waals surface area contributed by atoms with Crippen LogP contribution in [0.15, 0.2) is 55.0 Å². The van der Waals surface area contributed by atoms with Gasteiger partial charge in [0.1, 0.15) is 5.01 Å². The van der Waals surface area contributed by atoms with Crippen molar-refractivity contribution in [2.45, 2.75) is 0 Å². The Morgan fingerprint density at radius 3 is 3.00 bits per heavy atom. The summed E-state index contributed by atoms with van der Waals surface area (Å²) in [5.74, 6) is 0. The zero-order valence-corrected chi connectivity index (χ0v) is 12.3. The third-order valence-corrected chi connectivity index (χ3v) is 4.51. The summed E-state index contributed by atoms with van der Waals surface area (Å²) < 4.78 is 1.12. The summed E-state index contributed by atoms with van der Waals surface area (Å²) in [5.41, 5.74) is 4.65. The first-order chi connectivity index (χ1) is 10.3. The first-order valence-electron chi connectivity index (χ1n) is 6.74. The van der Waals surface area contributed by atoms with Crippen LogP contribution in [0.25, 0.3) is 21.9 Å². The van der Waals surface area contributed by atoms with Crippen LogP contribution in [0, 0.1) is 0 Å². The molecule has 102 valence electrons. The number of allylic oxidation sites excluding steroid dienone is 2. The van der Waals surface area contributed by atoms with E-state index in [1.54, 1.807) is 17.5 Å². The second-order valence-corrected chi connectivity index (χ2v) is 6.00. The summed E-state index contributed by atoms with van der Waals surface area (Å²) in [6.45, 7) is 0. The quantitative estimate of drug-likeness (QED) is 0.673. The van der Waals surface area contributed by atoms with Crippen LogP contribution in [-0.2, 0) is 0 Å². The van der Waals surface area contributed by atoms with Gasteiger partial charge < -0.3 is 4.90 Å². The standard InChI is InChI=1S/C17H13N3S/c1-20-9-7-12(13-4-2-3-5-15(13)20)10-17-19-14-6-8-18-11-16(14)21-17/h2-11H,1H3/b12-10+. The highest BCUT2D eigenvalue weighted by Gasteiger charge is 2.13. The Hall–Kier alpha value is -2.46. The molecule has 1 aliphatic heterocycles. The van der Waals surface area contributed by atoms with Gasteiger partial charge in [-0.05, 0) is 29.9 Å². The molecule has 0 fully saturated rings. The number of pyridine rings is 1. The molecule has 0 bridgehead atoms. The largest absolute Gasteiger partial charge is 0.351 e. The van der Waals surface area contributed by atoms with Gasteiger partial charge >= 0.3 is 0 Å². The van der Waals surface area contributed by atoms with Crippen molar-refractivity contribution in [1.29, 1.82) is 0 Å². The maximum atomic E-state index is 4.65. The lowest BCUT2D eigenvalue weighted by Crippen LogP contribution is -2.13. The van der Waals surface area contributed by atoms with Crippen molar-refractivity contribution in [3.05, 3.63) is 65.6 Å². The van der Waals surface area contributed by atoms with E-state index in [4.69, 9.17) is 0 Å². The van der Waals surface area contributed by atoms with E-state index in [1.165, 1.54) is 16.8 Å². The molecule has 2 aromatic heterocycles. The van der Waals surface area contributed by atoms with Crippen LogP contribution in [0.3, 0.4) is 0 Å². The van der Waals surface area contributed by atoms with Crippen molar-refractivity contribution < 1.29 is 0 Å². The predicted molar refractivity (Wildman–Crippen MR) is 89.3 cm³/mol. The predicted octanol–water partition coefficient (Wildman–Crippen LogP) is 4.20. The molecule has 0 aliphatic carbocycles. The van der Waals surface area contributed by atoms with E-state index in [9.17, 15) is 0 Å². The van der Waals surface area contributed by atoms with Gasteiger partial charge in [0.25, 0.3) is 0 Å². The molecule has 0 unspecified atom stereocenters. The third kappa shape index (κ3) is 2.14. The minimum atomic E-state index is 1.01. The number of fused-ring (bicyclic) bond motifs is 2. The van der Waals surface area contributed by atoms with Crippen molar-refractivity contribution >= 4 is 38.9 Å². The van der Waals surface area contributed by atoms with E-state index in [-0.39, 0.29) is 0 Å². The van der Waals surface area contributed by atoms with E-state index in [0.717, 1.165) is 15.2 Å². The molecule has 3 aromatic rings. The molecule has 21 heavy (non-hydrogen) atoms. The van der Waals surface area contributed by atoms with Gasteiger partial charge in [0.2, 0.25) is 0 Å². The summed E-state index contributed by atoms with van der Waals surface area (Å²) in [6, 6.07) is 10.4. The van der Waals surface area contributed by atoms with Gasteiger partial charge in [-0.15, -0.1) is 11.3 Å². The van der Waals surface area contributed by atoms with Gasteiger partial charge in [0.15, 0.2) is 0 Å². The van der Waals surface area contributed by atoms with Crippen LogP contribution in [0.5, 0.6) is 0 Å². The molecular formula is C17H13N3S. The second kappa shape index (κ2) is 4.82. The monoisotopic (exact) mass is 291 g/mol. The summed E-state index contributed by atoms with van der Waals surface area (Å²) >= 11 is 1.67. The lowest BCUT2D eigenvalue weighted by atomic mass is 10.0. The minimum Gasteiger partial charge on any atom is -0.351 e. The molecule has 0 atom stereocenters. The van der Waals surface area contributed by atoms with Gasteiger partial charge in [-0.2, -0.15) is 0 Å². The first kappa shape index (κ1) is 12.3. The van der Waals surface area contributed by atoms with Crippen molar-refractivity contribution in [3.8, 4) is 0 Å². The number of thiazole rings is 1. The van der Waals surface area contributed by atoms with Gasteiger partial charge in [0.05, 0.1) is 10.2 Å². The molecule has 4 heteroatoms. The maximum absolute atomic E-state index is 4.65. The summed E-state index contributed by atoms with van der Waals surface area (Å²) in [7, 11) is 2.06. The fourth-order valence-corrected chi connectivity index (χ4v) is 3.39. The zero-order valence-electron chi connectivity index (χ0n) is 11.5. The Labute approximate surface area is 126 Å². The topological polar surface area (TPSA) is 29.0 Å². The van der Waals surface area contributed by atoms with Gasteiger partial charge in [-0.1, -0.05) is 18.2 Å². The molecular weight excluding hydrogens is 278 g/mol. The van der Waals surface area contributed by atoms with Crippen LogP contribution in [0.1, 0.15) is 10.6 Å². The molecule has 1 aromatic carbocycles. The van der Waals surface area contributed by atoms with Crippen LogP contribution < -0.4 is 4.90 Å². The van der Waals surface area contributed by atoms with Crippen molar-refractivity contribution in [1.82, 2.24) is 9.97 Å². The van der Waals surface area contributed by atoms with Crippen LogP contribution in [0.4, 0.5) is 5.69 Å². The maximum Gasteiger partial charge on any atom is 0.118 e. The number of hydrogen-bond acceptors (Lipinski definition) is 4. The van der Waals surface area contributed by atoms with Gasteiger partial charge in [0, 0.05) is 36.9 Å². The number of aromatic nitrogens is 2. The molecule has 0 amide bonds. The van der Waals surface area contributed by atoms with Crippen molar-refractivity contribution in [2.24, 2.45) is 0 Å². The number of para-hydroxylation sites is 1. The molecule has 3 nitrogen and oxygen atoms in total. The van der Waals surface area contributed by atoms with E-state index in [2.05, 4.69) is 64.5 Å². The first-order valence-corrected chi connectivity index (χ1v) is 7.55. The fourth-order valence-electron chi connectivity index (χ4n) is 2.51. The Morgan fingerprint density at radius 2 is 2.10 bits per heavy atom. The summed E-state index contributed by atoms with van der Waals surface area (Å²) in [6.07, 6.45) is 10.0. The highest BCUT2D eigenvalue weighted by molar-refractivity contribution is 7.19. The zero-order chi connectivity index (χ0) is 14.2. The van der Waals surface area contributed by atoms with Gasteiger partial charge in [-0.25, -0.2) is 4.98 Å². The lowest BCUT2D eigenvalue weighted by Gasteiger charge is -2.23. The fraction of sp³-hybridized carbons (Fsp3) is 0.0588. The average molecular weight is 291 g/mol. The SMILES string of the molecule is CN1C=C/C(=C\c2nc3ccncc3s2)c2ccccc21. The molecule has 0 N–H and O–H groups in total. The highest BCUT2D eigenvalue weighted by Crippen LogP contribution is 2.34. The number of nitrogens with zero attached hydrogens (tertiary/aromatic N) is 3. The normalized spacial score (nSPS) is 15.7. The molecule has 0 spiro atoms. The summed E-state index contributed by atoms with van der Waals surface area (Å²) in [4.78, 5) is 10.9. The smallest absolute Gasteiger partial charge is 0.118 e. The Morgan fingerprint density at radius 1 is 1.19 bits per heavy atom. The van der Waals surface area contributed by atoms with E-state index < -0.39 is 0 Å². The highest BCUT2D eigenvalue weighted by atomic mass is 32.1. The lowest BCUT2D eigenvalue weighted by molar-refractivity contribution is 1.18. The van der Waals surface area contributed by atoms with E-state index in [0.29, 0.717) is 0 Å².